The van der Waals surface area contributed by atoms with Crippen molar-refractivity contribution in [3.8, 4) is 16.9 Å². The molecule has 4 aromatic rings. The number of likely N-dealkylation sites (tertiary alicyclic amines) is 2. The Morgan fingerprint density at radius 1 is 0.864 bits per heavy atom. The van der Waals surface area contributed by atoms with Crippen molar-refractivity contribution < 1.29 is 27.9 Å². The van der Waals surface area contributed by atoms with Gasteiger partial charge in [0.1, 0.15) is 23.7 Å². The summed E-state index contributed by atoms with van der Waals surface area (Å²) in [5.74, 6) is -1.04. The quantitative estimate of drug-likeness (QED) is 0.172. The van der Waals surface area contributed by atoms with E-state index in [2.05, 4.69) is 30.8 Å². The number of pyridine rings is 1. The minimum atomic E-state index is -0.560. The molecule has 3 saturated heterocycles. The van der Waals surface area contributed by atoms with Gasteiger partial charge < -0.3 is 25.2 Å². The standard InChI is InChI=1S/C44H48F2N8O5/c45-35-21-30(48-37-13-14-38(55)50-41(37)57)9-12-34(35)27-15-18-52(19-16-27)32-22-44(23-32)25-53(26-44)43(58)59-33-10-7-29(8-11-33)49-42-47-24-36(46)40(51-42)28-4-3-5-31(20-28)54-17-2-1-6-39(54)56/h1-6,9,12,17,20-21,24,27,29,32-33,37,48H,7-8,10-11,13-16,18-19,22-23,25-26H2,(H,47,49,51)(H,50,55,57)/t29-,33-,37?. The van der Waals surface area contributed by atoms with Gasteiger partial charge in [-0.15, -0.1) is 0 Å². The molecular formula is C44H48F2N8O5. The normalized spacial score (nSPS) is 23.6. The van der Waals surface area contributed by atoms with Crippen molar-refractivity contribution in [2.75, 3.05) is 36.8 Å². The first-order valence-corrected chi connectivity index (χ1v) is 20.7. The molecule has 308 valence electrons. The number of nitrogens with one attached hydrogen (secondary N) is 3. The van der Waals surface area contributed by atoms with Crippen molar-refractivity contribution in [2.24, 2.45) is 5.41 Å². The number of carbonyl (C=O) groups excluding carboxylic acids is 3. The van der Waals surface area contributed by atoms with Crippen LogP contribution < -0.4 is 21.5 Å². The van der Waals surface area contributed by atoms with Gasteiger partial charge in [0.05, 0.1) is 6.20 Å². The Balaban J connectivity index is 0.691. The number of rotatable bonds is 9. The summed E-state index contributed by atoms with van der Waals surface area (Å²) in [6.07, 6.45) is 9.84. The fourth-order valence-electron chi connectivity index (χ4n) is 9.71. The number of benzene rings is 2. The molecule has 59 heavy (non-hydrogen) atoms. The molecule has 2 aliphatic carbocycles. The summed E-state index contributed by atoms with van der Waals surface area (Å²) in [7, 11) is 0. The predicted octanol–water partition coefficient (Wildman–Crippen LogP) is 5.99. The van der Waals surface area contributed by atoms with Crippen molar-refractivity contribution in [1.29, 1.82) is 0 Å². The first-order chi connectivity index (χ1) is 28.6. The molecule has 13 nitrogen and oxygen atoms in total. The lowest BCUT2D eigenvalue weighted by atomic mass is 9.60. The molecular weight excluding hydrogens is 759 g/mol. The van der Waals surface area contributed by atoms with Crippen molar-refractivity contribution >= 4 is 29.5 Å². The van der Waals surface area contributed by atoms with Crippen LogP contribution in [-0.2, 0) is 14.3 Å². The molecule has 5 heterocycles. The van der Waals surface area contributed by atoms with Gasteiger partial charge in [0, 0.05) is 66.2 Å². The molecule has 3 aliphatic heterocycles. The van der Waals surface area contributed by atoms with Crippen LogP contribution in [0.15, 0.2) is 77.9 Å². The molecule has 1 spiro atoms. The number of amides is 3. The summed E-state index contributed by atoms with van der Waals surface area (Å²) in [4.78, 5) is 62.0. The lowest BCUT2D eigenvalue weighted by Gasteiger charge is -2.61. The highest BCUT2D eigenvalue weighted by Gasteiger charge is 2.55. The van der Waals surface area contributed by atoms with E-state index in [4.69, 9.17) is 4.74 Å². The lowest BCUT2D eigenvalue weighted by molar-refractivity contribution is -0.133. The Morgan fingerprint density at radius 3 is 2.41 bits per heavy atom. The second kappa shape index (κ2) is 16.2. The highest BCUT2D eigenvalue weighted by Crippen LogP contribution is 2.51. The van der Waals surface area contributed by atoms with Crippen LogP contribution >= 0.6 is 0 Å². The highest BCUT2D eigenvalue weighted by atomic mass is 19.1. The monoisotopic (exact) mass is 806 g/mol. The number of aromatic nitrogens is 3. The maximum Gasteiger partial charge on any atom is 0.410 e. The summed E-state index contributed by atoms with van der Waals surface area (Å²) in [5, 5.41) is 8.73. The van der Waals surface area contributed by atoms with Gasteiger partial charge in [-0.25, -0.2) is 23.5 Å². The SMILES string of the molecule is O=C1CCC(Nc2ccc(C3CCN(C4CC5(C4)CN(C(=O)O[C@H]4CC[C@H](Nc6ncc(F)c(-c7cccc(-n8ccccc8=O)c7)n6)CC4)C5)CC3)c(F)c2)C(=O)N1. The highest BCUT2D eigenvalue weighted by molar-refractivity contribution is 6.01. The van der Waals surface area contributed by atoms with Gasteiger partial charge in [-0.1, -0.05) is 24.3 Å². The number of ether oxygens (including phenoxy) is 1. The summed E-state index contributed by atoms with van der Waals surface area (Å²) in [6.45, 7) is 3.25. The van der Waals surface area contributed by atoms with E-state index in [1.807, 2.05) is 17.0 Å². The van der Waals surface area contributed by atoms with Gasteiger partial charge in [-0.3, -0.25) is 24.3 Å². The fraction of sp³-hybridized carbons (Fsp3) is 0.455. The summed E-state index contributed by atoms with van der Waals surface area (Å²) in [6, 6.07) is 17.0. The Labute approximate surface area is 340 Å². The summed E-state index contributed by atoms with van der Waals surface area (Å²) < 4.78 is 37.6. The number of imide groups is 1. The zero-order valence-electron chi connectivity index (χ0n) is 32.7. The Bertz CT molecular complexity index is 2290. The molecule has 5 fully saturated rings. The van der Waals surface area contributed by atoms with Gasteiger partial charge in [-0.2, -0.15) is 0 Å². The van der Waals surface area contributed by atoms with Gasteiger partial charge in [0.15, 0.2) is 5.82 Å². The minimum Gasteiger partial charge on any atom is -0.446 e. The van der Waals surface area contributed by atoms with Crippen LogP contribution in [-0.4, -0.2) is 92.7 Å². The molecule has 1 unspecified atom stereocenters. The van der Waals surface area contributed by atoms with E-state index >= 15 is 4.39 Å². The zero-order valence-corrected chi connectivity index (χ0v) is 32.7. The molecule has 9 rings (SSSR count). The molecule has 3 N–H and O–H groups in total. The van der Waals surface area contributed by atoms with E-state index in [0.717, 1.165) is 70.9 Å². The first-order valence-electron chi connectivity index (χ1n) is 20.7. The van der Waals surface area contributed by atoms with Crippen LogP contribution in [0.4, 0.5) is 25.2 Å². The fourth-order valence-corrected chi connectivity index (χ4v) is 9.71. The first kappa shape index (κ1) is 38.8. The second-order valence-electron chi connectivity index (χ2n) is 17.0. The van der Waals surface area contributed by atoms with Gasteiger partial charge in [-0.05, 0) is 113 Å². The molecule has 0 bridgehead atoms. The largest absolute Gasteiger partial charge is 0.446 e. The molecule has 3 amide bonds. The van der Waals surface area contributed by atoms with Gasteiger partial charge in [0.2, 0.25) is 17.8 Å². The van der Waals surface area contributed by atoms with Crippen LogP contribution in [0.5, 0.6) is 0 Å². The third kappa shape index (κ3) is 8.30. The molecule has 1 atom stereocenters. The van der Waals surface area contributed by atoms with E-state index in [1.54, 1.807) is 42.6 Å². The van der Waals surface area contributed by atoms with Gasteiger partial charge >= 0.3 is 6.09 Å². The van der Waals surface area contributed by atoms with E-state index in [1.165, 1.54) is 16.7 Å². The lowest BCUT2D eigenvalue weighted by Crippen LogP contribution is -2.68. The van der Waals surface area contributed by atoms with Crippen LogP contribution in [0.3, 0.4) is 0 Å². The average Bonchev–Trinajstić information content (AvgIpc) is 3.20. The number of hydrogen-bond donors (Lipinski definition) is 3. The zero-order chi connectivity index (χ0) is 40.7. The maximum atomic E-state index is 15.2. The van der Waals surface area contributed by atoms with E-state index in [-0.39, 0.29) is 64.9 Å². The average molecular weight is 807 g/mol. The number of carbonyl (C=O) groups is 3. The Morgan fingerprint density at radius 2 is 1.66 bits per heavy atom. The molecule has 0 radical (unpaired) electrons. The molecule has 15 heteroatoms. The third-order valence-electron chi connectivity index (χ3n) is 13.0. The van der Waals surface area contributed by atoms with Crippen molar-refractivity contribution in [2.45, 2.75) is 94.4 Å². The topological polar surface area (TPSA) is 151 Å². The van der Waals surface area contributed by atoms with E-state index < -0.39 is 11.9 Å². The maximum absolute atomic E-state index is 15.2. The number of hydrogen-bond acceptors (Lipinski definition) is 10. The summed E-state index contributed by atoms with van der Waals surface area (Å²) in [5.41, 5.74) is 2.50. The van der Waals surface area contributed by atoms with Crippen molar-refractivity contribution in [3.63, 3.8) is 0 Å². The van der Waals surface area contributed by atoms with Crippen molar-refractivity contribution in [1.82, 2.24) is 29.7 Å². The molecule has 5 aliphatic rings. The third-order valence-corrected chi connectivity index (χ3v) is 13.0. The summed E-state index contributed by atoms with van der Waals surface area (Å²) >= 11 is 0. The van der Waals surface area contributed by atoms with Crippen LogP contribution in [0.1, 0.15) is 75.7 Å². The predicted molar refractivity (Wildman–Crippen MR) is 216 cm³/mol. The van der Waals surface area contributed by atoms with Gasteiger partial charge in [0.25, 0.3) is 5.56 Å². The van der Waals surface area contributed by atoms with Crippen LogP contribution in [0, 0.1) is 17.0 Å². The Hall–Kier alpha value is -5.70. The van der Waals surface area contributed by atoms with Crippen molar-refractivity contribution in [3.05, 3.63) is 101 Å². The minimum absolute atomic E-state index is 0.0514. The number of nitrogens with zero attached hydrogens (tertiary/aromatic N) is 5. The Kier molecular flexibility index (Phi) is 10.6. The number of anilines is 2. The van der Waals surface area contributed by atoms with E-state index in [9.17, 15) is 23.6 Å². The smallest absolute Gasteiger partial charge is 0.410 e. The molecule has 2 aromatic carbocycles. The second-order valence-corrected chi connectivity index (χ2v) is 17.0. The molecule has 2 saturated carbocycles. The number of halogens is 2. The molecule has 2 aromatic heterocycles. The van der Waals surface area contributed by atoms with E-state index in [0.29, 0.717) is 53.8 Å². The number of piperidine rings is 2. The van der Waals surface area contributed by atoms with Crippen LogP contribution in [0.25, 0.3) is 16.9 Å². The van der Waals surface area contributed by atoms with Crippen LogP contribution in [0.2, 0.25) is 0 Å².